The summed E-state index contributed by atoms with van der Waals surface area (Å²) >= 11 is 3.10. The standard InChI is InChI=1S/C14H18BrF3N2O/c1-20-6-4-10(5-7-20)9-19-11-2-3-13(12(15)8-11)21-14(16,17)18/h2-3,8,10,19H,4-7,9H2,1H3. The van der Waals surface area contributed by atoms with Crippen molar-refractivity contribution in [1.29, 1.82) is 0 Å². The monoisotopic (exact) mass is 366 g/mol. The summed E-state index contributed by atoms with van der Waals surface area (Å²) in [5, 5.41) is 3.27. The van der Waals surface area contributed by atoms with Gasteiger partial charge in [0.25, 0.3) is 0 Å². The topological polar surface area (TPSA) is 24.5 Å². The molecule has 1 aromatic carbocycles. The molecule has 1 aliphatic heterocycles. The van der Waals surface area contributed by atoms with Gasteiger partial charge in [0.15, 0.2) is 0 Å². The van der Waals surface area contributed by atoms with E-state index in [4.69, 9.17) is 0 Å². The molecule has 0 aromatic heterocycles. The molecule has 21 heavy (non-hydrogen) atoms. The number of anilines is 1. The Kier molecular flexibility index (Phi) is 5.37. The van der Waals surface area contributed by atoms with Crippen LogP contribution in [0.15, 0.2) is 22.7 Å². The molecule has 7 heteroatoms. The minimum Gasteiger partial charge on any atom is -0.405 e. The first-order valence-corrected chi connectivity index (χ1v) is 7.60. The van der Waals surface area contributed by atoms with Crippen LogP contribution >= 0.6 is 15.9 Å². The first kappa shape index (κ1) is 16.4. The summed E-state index contributed by atoms with van der Waals surface area (Å²) in [6.45, 7) is 3.02. The van der Waals surface area contributed by atoms with Crippen molar-refractivity contribution in [2.45, 2.75) is 19.2 Å². The van der Waals surface area contributed by atoms with Gasteiger partial charge in [-0.05, 0) is 73.0 Å². The molecule has 0 spiro atoms. The Labute approximate surface area is 130 Å². The summed E-state index contributed by atoms with van der Waals surface area (Å²) in [4.78, 5) is 2.30. The molecule has 0 atom stereocenters. The number of rotatable bonds is 4. The number of benzene rings is 1. The third-order valence-electron chi connectivity index (χ3n) is 3.59. The average molecular weight is 367 g/mol. The number of likely N-dealkylation sites (tertiary alicyclic amines) is 1. The van der Waals surface area contributed by atoms with Gasteiger partial charge in [-0.15, -0.1) is 13.2 Å². The Balaban J connectivity index is 1.88. The summed E-state index contributed by atoms with van der Waals surface area (Å²) in [7, 11) is 2.11. The molecule has 1 N–H and O–H groups in total. The molecule has 0 radical (unpaired) electrons. The number of nitrogens with one attached hydrogen (secondary N) is 1. The minimum absolute atomic E-state index is 0.229. The average Bonchev–Trinajstić information content (AvgIpc) is 2.40. The molecule has 0 aliphatic carbocycles. The number of alkyl halides is 3. The number of ether oxygens (including phenoxy) is 1. The van der Waals surface area contributed by atoms with Crippen molar-refractivity contribution in [3.8, 4) is 5.75 Å². The molecular formula is C14H18BrF3N2O. The van der Waals surface area contributed by atoms with E-state index < -0.39 is 6.36 Å². The van der Waals surface area contributed by atoms with Crippen molar-refractivity contribution < 1.29 is 17.9 Å². The lowest BCUT2D eigenvalue weighted by Gasteiger charge is -2.29. The third-order valence-corrected chi connectivity index (χ3v) is 4.21. The van der Waals surface area contributed by atoms with Crippen molar-refractivity contribution in [3.63, 3.8) is 0 Å². The van der Waals surface area contributed by atoms with E-state index in [2.05, 4.69) is 37.9 Å². The Morgan fingerprint density at radius 2 is 2.00 bits per heavy atom. The third kappa shape index (κ3) is 5.39. The highest BCUT2D eigenvalue weighted by Gasteiger charge is 2.31. The fraction of sp³-hybridized carbons (Fsp3) is 0.571. The highest BCUT2D eigenvalue weighted by atomic mass is 79.9. The Morgan fingerprint density at radius 3 is 2.57 bits per heavy atom. The Morgan fingerprint density at radius 1 is 1.33 bits per heavy atom. The fourth-order valence-electron chi connectivity index (χ4n) is 2.35. The van der Waals surface area contributed by atoms with Gasteiger partial charge in [-0.2, -0.15) is 0 Å². The Hall–Kier alpha value is -0.950. The van der Waals surface area contributed by atoms with Crippen LogP contribution in [0.1, 0.15) is 12.8 Å². The number of nitrogens with zero attached hydrogens (tertiary/aromatic N) is 1. The maximum atomic E-state index is 12.2. The predicted octanol–water partition coefficient (Wildman–Crippen LogP) is 4.10. The molecule has 0 saturated carbocycles. The molecule has 118 valence electrons. The first-order valence-electron chi connectivity index (χ1n) is 6.81. The lowest BCUT2D eigenvalue weighted by atomic mass is 9.97. The minimum atomic E-state index is -4.68. The van der Waals surface area contributed by atoms with Crippen molar-refractivity contribution >= 4 is 21.6 Å². The van der Waals surface area contributed by atoms with Gasteiger partial charge in [0.1, 0.15) is 5.75 Å². The quantitative estimate of drug-likeness (QED) is 0.867. The summed E-state index contributed by atoms with van der Waals surface area (Å²) < 4.78 is 40.7. The van der Waals surface area contributed by atoms with Gasteiger partial charge in [0.2, 0.25) is 0 Å². The zero-order chi connectivity index (χ0) is 15.5. The largest absolute Gasteiger partial charge is 0.573 e. The van der Waals surface area contributed by atoms with Crippen LogP contribution in [0.4, 0.5) is 18.9 Å². The zero-order valence-corrected chi connectivity index (χ0v) is 13.3. The van der Waals surface area contributed by atoms with E-state index in [-0.39, 0.29) is 10.2 Å². The van der Waals surface area contributed by atoms with E-state index in [1.165, 1.54) is 6.07 Å². The smallest absolute Gasteiger partial charge is 0.405 e. The van der Waals surface area contributed by atoms with Crippen molar-refractivity contribution in [2.75, 3.05) is 32.0 Å². The van der Waals surface area contributed by atoms with Gasteiger partial charge >= 0.3 is 6.36 Å². The van der Waals surface area contributed by atoms with E-state index in [0.717, 1.165) is 38.2 Å². The van der Waals surface area contributed by atoms with E-state index in [1.807, 2.05) is 0 Å². The van der Waals surface area contributed by atoms with E-state index >= 15 is 0 Å². The second kappa shape index (κ2) is 6.87. The molecule has 1 fully saturated rings. The van der Waals surface area contributed by atoms with Gasteiger partial charge < -0.3 is 15.0 Å². The summed E-state index contributed by atoms with van der Waals surface area (Å²) in [5.74, 6) is 0.374. The molecule has 1 heterocycles. The molecule has 1 saturated heterocycles. The van der Waals surface area contributed by atoms with Crippen LogP contribution in [-0.4, -0.2) is 37.9 Å². The molecular weight excluding hydrogens is 349 g/mol. The van der Waals surface area contributed by atoms with E-state index in [9.17, 15) is 13.2 Å². The van der Waals surface area contributed by atoms with Crippen LogP contribution in [0.25, 0.3) is 0 Å². The van der Waals surface area contributed by atoms with E-state index in [1.54, 1.807) is 12.1 Å². The molecule has 0 unspecified atom stereocenters. The van der Waals surface area contributed by atoms with Gasteiger partial charge in [-0.25, -0.2) is 0 Å². The number of piperidine rings is 1. The molecule has 0 bridgehead atoms. The van der Waals surface area contributed by atoms with Crippen LogP contribution in [0.2, 0.25) is 0 Å². The van der Waals surface area contributed by atoms with Gasteiger partial charge in [0.05, 0.1) is 4.47 Å². The van der Waals surface area contributed by atoms with Crippen molar-refractivity contribution in [2.24, 2.45) is 5.92 Å². The lowest BCUT2D eigenvalue weighted by molar-refractivity contribution is -0.274. The molecule has 3 nitrogen and oxygen atoms in total. The molecule has 1 aromatic rings. The maximum absolute atomic E-state index is 12.2. The van der Waals surface area contributed by atoms with Gasteiger partial charge in [0, 0.05) is 12.2 Å². The Bertz CT molecular complexity index is 474. The van der Waals surface area contributed by atoms with Crippen LogP contribution in [-0.2, 0) is 0 Å². The van der Waals surface area contributed by atoms with Crippen molar-refractivity contribution in [3.05, 3.63) is 22.7 Å². The number of hydrogen-bond donors (Lipinski definition) is 1. The summed E-state index contributed by atoms with van der Waals surface area (Å²) in [5.41, 5.74) is 0.787. The molecule has 2 rings (SSSR count). The van der Waals surface area contributed by atoms with Crippen LogP contribution in [0.5, 0.6) is 5.75 Å². The van der Waals surface area contributed by atoms with Crippen LogP contribution in [0.3, 0.4) is 0 Å². The first-order chi connectivity index (χ1) is 9.83. The summed E-state index contributed by atoms with van der Waals surface area (Å²) in [6, 6.07) is 4.52. The highest BCUT2D eigenvalue weighted by molar-refractivity contribution is 9.10. The SMILES string of the molecule is CN1CCC(CNc2ccc(OC(F)(F)F)c(Br)c2)CC1. The second-order valence-corrected chi connectivity index (χ2v) is 6.17. The van der Waals surface area contributed by atoms with Gasteiger partial charge in [-0.3, -0.25) is 0 Å². The van der Waals surface area contributed by atoms with Crippen molar-refractivity contribution in [1.82, 2.24) is 4.90 Å². The van der Waals surface area contributed by atoms with Gasteiger partial charge in [-0.1, -0.05) is 0 Å². The highest BCUT2D eigenvalue weighted by Crippen LogP contribution is 2.32. The predicted molar refractivity (Wildman–Crippen MR) is 79.5 cm³/mol. The van der Waals surface area contributed by atoms with Crippen LogP contribution < -0.4 is 10.1 Å². The van der Waals surface area contributed by atoms with E-state index in [0.29, 0.717) is 5.92 Å². The van der Waals surface area contributed by atoms with Crippen LogP contribution in [0, 0.1) is 5.92 Å². The maximum Gasteiger partial charge on any atom is 0.573 e. The normalized spacial score (nSPS) is 17.8. The zero-order valence-electron chi connectivity index (χ0n) is 11.7. The number of halogens is 4. The lowest BCUT2D eigenvalue weighted by Crippen LogP contribution is -2.32. The number of hydrogen-bond acceptors (Lipinski definition) is 3. The fourth-order valence-corrected chi connectivity index (χ4v) is 2.81. The second-order valence-electron chi connectivity index (χ2n) is 5.32. The molecule has 0 amide bonds. The molecule has 1 aliphatic rings. The summed E-state index contributed by atoms with van der Waals surface area (Å²) in [6.07, 6.45) is -2.40.